The average Bonchev–Trinajstić information content (AvgIpc) is 0.763. The number of rotatable bonds is 24. The van der Waals surface area contributed by atoms with Crippen molar-refractivity contribution in [1.82, 2.24) is 62.5 Å². The number of phenolic OH excluding ortho intramolecular Hbond substituents is 3. The number of morpholine rings is 1. The number of ether oxygens (including phenoxy) is 7. The lowest BCUT2D eigenvalue weighted by Crippen LogP contribution is -2.65. The molecule has 15 rings (SSSR count). The number of halogens is 4. The van der Waals surface area contributed by atoms with Gasteiger partial charge in [0.15, 0.2) is 23.9 Å². The molecule has 18 atom stereocenters. The molecule has 3 saturated heterocycles. The number of carbonyl (C=O) groups excluding carboxylic acids is 9. The van der Waals surface area contributed by atoms with Gasteiger partial charge in [-0.1, -0.05) is 84.5 Å². The quantitative estimate of drug-likeness (QED) is 0.0303. The van der Waals surface area contributed by atoms with E-state index in [9.17, 15) is 69.9 Å². The number of carbonyl (C=O) groups is 9. The Morgan fingerprint density at radius 2 is 1.36 bits per heavy atom. The number of hydrogen-bond donors (Lipinski definition) is 20. The van der Waals surface area contributed by atoms with Gasteiger partial charge in [0, 0.05) is 68.1 Å². The number of hydroxylamine groups is 1. The summed E-state index contributed by atoms with van der Waals surface area (Å²) in [4.78, 5) is 159. The van der Waals surface area contributed by atoms with Crippen molar-refractivity contribution in [1.29, 1.82) is 0 Å². The maximum absolute atomic E-state index is 16.4. The summed E-state index contributed by atoms with van der Waals surface area (Å²) >= 11 is 26.6. The van der Waals surface area contributed by atoms with Gasteiger partial charge in [0.25, 0.3) is 5.91 Å². The van der Waals surface area contributed by atoms with E-state index >= 15 is 24.0 Å². The van der Waals surface area contributed by atoms with Crippen molar-refractivity contribution in [3.63, 3.8) is 0 Å². The monoisotopic (exact) mass is 1900 g/mol. The predicted octanol–water partition coefficient (Wildman–Crippen LogP) is 1.78. The molecule has 9 heterocycles. The number of anilines is 1. The molecule has 0 spiro atoms. The molecule has 0 saturated carbocycles. The van der Waals surface area contributed by atoms with E-state index in [1.807, 2.05) is 18.7 Å². The Hall–Kier alpha value is -11.2. The van der Waals surface area contributed by atoms with Gasteiger partial charge >= 0.3 is 5.69 Å². The Morgan fingerprint density at radius 3 is 2.01 bits per heavy atom. The van der Waals surface area contributed by atoms with Crippen LogP contribution in [0.4, 0.5) is 5.82 Å². The summed E-state index contributed by atoms with van der Waals surface area (Å²) in [6.45, 7) is 7.63. The zero-order valence-corrected chi connectivity index (χ0v) is 73.8. The summed E-state index contributed by atoms with van der Waals surface area (Å²) in [6, 6.07) is 5.67. The summed E-state index contributed by atoms with van der Waals surface area (Å²) in [6.07, 6.45) is -18.3. The molecule has 45 heteroatoms. The summed E-state index contributed by atoms with van der Waals surface area (Å²) in [5.74, 6) is -16.0. The van der Waals surface area contributed by atoms with Crippen LogP contribution in [-0.4, -0.2) is 252 Å². The minimum absolute atomic E-state index is 0.0417. The third-order valence-corrected chi connectivity index (χ3v) is 24.2. The third-order valence-electron chi connectivity index (χ3n) is 22.9. The Balaban J connectivity index is 0.933. The van der Waals surface area contributed by atoms with Crippen molar-refractivity contribution in [2.45, 2.75) is 169 Å². The summed E-state index contributed by atoms with van der Waals surface area (Å²) in [5, 5.41) is 131. The topological polar surface area (TPSA) is 594 Å². The molecule has 9 amide bonds. The number of nitrogens with two attached hydrogens (primary N) is 1. The molecule has 21 N–H and O–H groups in total. The van der Waals surface area contributed by atoms with Crippen LogP contribution in [0, 0.1) is 5.92 Å². The summed E-state index contributed by atoms with van der Waals surface area (Å²) < 4.78 is 46.2. The van der Waals surface area contributed by atoms with Gasteiger partial charge in [-0.3, -0.25) is 57.5 Å². The second kappa shape index (κ2) is 42.2. The first-order valence-corrected chi connectivity index (χ1v) is 43.1. The average molecular weight is 1900 g/mol. The van der Waals surface area contributed by atoms with E-state index in [-0.39, 0.29) is 84.7 Å². The smallest absolute Gasteiger partial charge is 0.349 e. The lowest BCUT2D eigenvalue weighted by Gasteiger charge is -2.48. The maximum Gasteiger partial charge on any atom is 0.349 e. The van der Waals surface area contributed by atoms with Crippen LogP contribution < -0.4 is 79.0 Å². The number of phenols is 3. The highest BCUT2D eigenvalue weighted by Gasteiger charge is 2.52. The molecule has 131 heavy (non-hydrogen) atoms. The van der Waals surface area contributed by atoms with Gasteiger partial charge < -0.3 is 133 Å². The number of aliphatic hydroxyl groups excluding tert-OH is 6. The fourth-order valence-corrected chi connectivity index (χ4v) is 16.8. The van der Waals surface area contributed by atoms with Crippen LogP contribution in [-0.2, 0) is 79.9 Å². The van der Waals surface area contributed by atoms with Gasteiger partial charge in [-0.05, 0) is 139 Å². The molecule has 702 valence electrons. The molecule has 8 aliphatic rings. The number of nitrogens with zero attached hydrogens (tertiary/aromatic N) is 3. The third kappa shape index (κ3) is 22.8. The van der Waals surface area contributed by atoms with Gasteiger partial charge in [-0.2, -0.15) is 4.98 Å². The Labute approximate surface area is 767 Å². The van der Waals surface area contributed by atoms with Crippen LogP contribution in [0.5, 0.6) is 46.0 Å². The molecule has 41 nitrogen and oxygen atoms in total. The largest absolute Gasteiger partial charge is 0.508 e. The van der Waals surface area contributed by atoms with Crippen LogP contribution in [0.15, 0.2) is 114 Å². The van der Waals surface area contributed by atoms with Crippen molar-refractivity contribution < 1.29 is 127 Å². The van der Waals surface area contributed by atoms with Crippen LogP contribution in [0.25, 0.3) is 11.1 Å². The first kappa shape index (κ1) is 97.4. The molecule has 11 bridgehead atoms. The number of fused-ring (bicyclic) bond motifs is 15. The lowest BCUT2D eigenvalue weighted by molar-refractivity contribution is -0.334. The molecule has 7 aromatic rings. The molecule has 1 aromatic heterocycles. The van der Waals surface area contributed by atoms with Crippen molar-refractivity contribution in [3.05, 3.63) is 173 Å². The summed E-state index contributed by atoms with van der Waals surface area (Å²) in [5.41, 5.74) is 3.80. The van der Waals surface area contributed by atoms with Gasteiger partial charge in [0.1, 0.15) is 101 Å². The zero-order chi connectivity index (χ0) is 94.3. The number of aliphatic hydroxyl groups is 6. The number of benzene rings is 6. The van der Waals surface area contributed by atoms with Crippen LogP contribution >= 0.6 is 46.4 Å². The van der Waals surface area contributed by atoms with Gasteiger partial charge in [-0.25, -0.2) is 10.3 Å². The highest BCUT2D eigenvalue weighted by Crippen LogP contribution is 2.50. The van der Waals surface area contributed by atoms with Crippen molar-refractivity contribution >= 4 is 105 Å². The molecular formula is C86H98Cl4N14O27. The van der Waals surface area contributed by atoms with Gasteiger partial charge in [0.05, 0.1) is 77.6 Å². The normalized spacial score (nSPS) is 26.2. The predicted molar refractivity (Wildman–Crippen MR) is 464 cm³/mol. The van der Waals surface area contributed by atoms with Crippen LogP contribution in [0.3, 0.4) is 0 Å². The Kier molecular flexibility index (Phi) is 31.3. The van der Waals surface area contributed by atoms with E-state index in [4.69, 9.17) is 90.1 Å². The second-order valence-corrected chi connectivity index (χ2v) is 34.4. The van der Waals surface area contributed by atoms with E-state index in [1.165, 1.54) is 55.1 Å². The number of primary amides is 1. The molecule has 0 aliphatic carbocycles. The first-order valence-electron chi connectivity index (χ1n) is 41.6. The second-order valence-electron chi connectivity index (χ2n) is 32.7. The minimum Gasteiger partial charge on any atom is -0.508 e. The van der Waals surface area contributed by atoms with Crippen molar-refractivity contribution in [2.75, 3.05) is 65.0 Å². The Morgan fingerprint density at radius 1 is 0.695 bits per heavy atom. The van der Waals surface area contributed by atoms with E-state index in [2.05, 4.69) is 58.3 Å². The SMILES string of the molecule is CN[C@H](CC(C)C)C(=O)N[C@H]1C(=O)N[C@@H](CC(N)=O)C(=O)N[C@H]2C(=O)N[C@H]3C(=O)N[C@H](C(=O)N[C@@H](C(=O)NOCCN4CCOCC4)c4cc(O)cc(O)c4-c4cc3ccc4O)[C@H](O)c3ccc(c(Cl)c3)Oc3cc2cc(c3OC2O[C@H](CO)[C@@H](O)[C@H](O)[C@H]2O[C@H]2C[C@@](C)(NCCn3ccc(NC(=O)Cc4ccc(Cl)c(Cl)c4)nc3=O)[C@H](O)[C@H](C)O2)Oc2ccc(cc2Cl)[C@H]1O. The Bertz CT molecular complexity index is 5540. The van der Waals surface area contributed by atoms with E-state index in [1.54, 1.807) is 13.0 Å². The molecule has 0 radical (unpaired) electrons. The standard InChI is InChI=1S/C86H98Cl4N14O27/c1-37(2)24-51(92-5)77(116)100-68-70(111)41-8-12-55(49(89)28-41)127-57-30-43-31-58(74(57)131-84-75(73(114)72(113)59(36-105)129-84)130-63-35-86(4,76(115)38(3)126-63)93-15-17-104-16-14-61(96-85(104)123)95-62(110)26-39-6-10-47(87)48(88)25-39)128-56-13-9-42(29-50(56)90)71(112)69-82(121)99-67(83(122)102-125-23-20-103-18-21-124-22-19-103)46-32-44(106)33-54(108)64(46)45-27-40(7-11-53(45)107)65(79(118)101-69)98-80(119)66(43)97-78(117)52(34-60(91)109)94-81(68)120/h6-14,16,25,27-33,37-38,51-52,59,63,65-73,75-76,84,92-93,105-108,111-115H,15,17-24,26,34-36H2,1-5H3,(H2,91,109)(H,94,120)(H,97,117)(H,98,119)(H,99,121)(H,100,116)(H,101,118)(H,102,122)(H,95,96,110,123)/t38-,51+,52-,59+,63-,65+,66+,67+,68+,69-,70+,71+,72+,73-,75+,76+,84?,86+/m0/s1. The molecule has 6 aromatic carbocycles. The van der Waals surface area contributed by atoms with Gasteiger partial charge in [0.2, 0.25) is 59.3 Å². The van der Waals surface area contributed by atoms with E-state index in [0.717, 1.165) is 66.7 Å². The molecule has 3 fully saturated rings. The fraction of sp³-hybridized carbons (Fsp3) is 0.430. The maximum atomic E-state index is 16.4. The lowest BCUT2D eigenvalue weighted by atomic mass is 9.85. The van der Waals surface area contributed by atoms with E-state index in [0.29, 0.717) is 36.9 Å². The van der Waals surface area contributed by atoms with E-state index < -0.39 is 254 Å². The number of aromatic hydroxyl groups is 3. The number of likely N-dealkylation sites (N-methyl/N-ethyl adjacent to an activating group) is 1. The first-order chi connectivity index (χ1) is 62.3. The fourth-order valence-electron chi connectivity index (χ4n) is 16.0. The van der Waals surface area contributed by atoms with Crippen molar-refractivity contribution in [3.8, 4) is 57.1 Å². The number of hydrogen-bond acceptors (Lipinski definition) is 31. The zero-order valence-electron chi connectivity index (χ0n) is 70.8. The highest BCUT2D eigenvalue weighted by atomic mass is 35.5. The minimum atomic E-state index is -2.40. The number of aromatic nitrogens is 2. The molecule has 1 unspecified atom stereocenters. The van der Waals surface area contributed by atoms with Crippen LogP contribution in [0.1, 0.15) is 111 Å². The number of amides is 9. The van der Waals surface area contributed by atoms with Crippen molar-refractivity contribution in [2.24, 2.45) is 11.7 Å². The molecule has 8 aliphatic heterocycles. The molecular weight excluding hydrogens is 1800 g/mol. The van der Waals surface area contributed by atoms with Gasteiger partial charge in [-0.15, -0.1) is 0 Å². The number of nitrogens with one attached hydrogen (secondary N) is 10. The van der Waals surface area contributed by atoms with Crippen LogP contribution in [0.2, 0.25) is 20.1 Å². The summed E-state index contributed by atoms with van der Waals surface area (Å²) in [7, 11) is 1.47. The highest BCUT2D eigenvalue weighted by molar-refractivity contribution is 6.42.